The fourth-order valence-corrected chi connectivity index (χ4v) is 6.27. The van der Waals surface area contributed by atoms with Gasteiger partial charge in [-0.05, 0) is 30.5 Å². The highest BCUT2D eigenvalue weighted by Gasteiger charge is 2.31. The second-order valence-corrected chi connectivity index (χ2v) is 10.8. The van der Waals surface area contributed by atoms with Gasteiger partial charge in [0.15, 0.2) is 0 Å². The molecule has 2 aliphatic heterocycles. The number of aromatic nitrogens is 4. The van der Waals surface area contributed by atoms with Crippen LogP contribution in [0.25, 0.3) is 0 Å². The van der Waals surface area contributed by atoms with Crippen molar-refractivity contribution in [1.29, 1.82) is 0 Å². The van der Waals surface area contributed by atoms with Crippen LogP contribution < -0.4 is 4.90 Å². The number of hydrogen-bond donors (Lipinski definition) is 0. The Morgan fingerprint density at radius 3 is 2.47 bits per heavy atom. The molecule has 2 aromatic carbocycles. The van der Waals surface area contributed by atoms with Crippen molar-refractivity contribution < 1.29 is 9.59 Å². The molecule has 0 radical (unpaired) electrons. The van der Waals surface area contributed by atoms with Gasteiger partial charge >= 0.3 is 0 Å². The maximum atomic E-state index is 13.2. The summed E-state index contributed by atoms with van der Waals surface area (Å²) in [4.78, 5) is 39.7. The van der Waals surface area contributed by atoms with Gasteiger partial charge in [0, 0.05) is 55.2 Å². The molecule has 4 aromatic rings. The van der Waals surface area contributed by atoms with E-state index in [-0.39, 0.29) is 24.3 Å². The van der Waals surface area contributed by atoms with Crippen LogP contribution in [-0.4, -0.2) is 61.2 Å². The summed E-state index contributed by atoms with van der Waals surface area (Å²) in [5.41, 5.74) is 2.08. The summed E-state index contributed by atoms with van der Waals surface area (Å²) >= 11 is 1.53. The van der Waals surface area contributed by atoms with Crippen LogP contribution in [0.5, 0.6) is 0 Å². The molecule has 2 amide bonds. The van der Waals surface area contributed by atoms with Crippen molar-refractivity contribution in [2.75, 3.05) is 30.3 Å². The Hall–Kier alpha value is -3.85. The van der Waals surface area contributed by atoms with Crippen LogP contribution in [0, 0.1) is 0 Å². The van der Waals surface area contributed by atoms with Gasteiger partial charge < -0.3 is 18.9 Å². The number of benzene rings is 2. The van der Waals surface area contributed by atoms with Crippen LogP contribution in [0.1, 0.15) is 36.0 Å². The van der Waals surface area contributed by atoms with E-state index < -0.39 is 0 Å². The molecule has 2 aliphatic rings. The number of thioether (sulfide) groups is 1. The van der Waals surface area contributed by atoms with Gasteiger partial charge in [0.2, 0.25) is 11.8 Å². The Morgan fingerprint density at radius 2 is 1.63 bits per heavy atom. The average molecular weight is 527 g/mol. The predicted octanol–water partition coefficient (Wildman–Crippen LogP) is 4.02. The summed E-state index contributed by atoms with van der Waals surface area (Å²) in [6.45, 7) is 2.86. The van der Waals surface area contributed by atoms with Crippen molar-refractivity contribution in [2.24, 2.45) is 0 Å². The first-order chi connectivity index (χ1) is 18.7. The lowest BCUT2D eigenvalue weighted by Crippen LogP contribution is -2.47. The van der Waals surface area contributed by atoms with E-state index in [9.17, 15) is 9.59 Å². The molecule has 194 valence electrons. The zero-order valence-electron chi connectivity index (χ0n) is 21.1. The molecule has 4 heterocycles. The highest BCUT2D eigenvalue weighted by Crippen LogP contribution is 2.35. The highest BCUT2D eigenvalue weighted by molar-refractivity contribution is 8.00. The van der Waals surface area contributed by atoms with E-state index in [1.807, 2.05) is 60.0 Å². The zero-order valence-corrected chi connectivity index (χ0v) is 22.0. The smallest absolute Gasteiger partial charge is 0.242 e. The first-order valence-electron chi connectivity index (χ1n) is 13.0. The quantitative estimate of drug-likeness (QED) is 0.364. The predicted molar refractivity (Wildman–Crippen MR) is 147 cm³/mol. The van der Waals surface area contributed by atoms with Crippen molar-refractivity contribution in [1.82, 2.24) is 24.0 Å². The monoisotopic (exact) mass is 526 g/mol. The minimum atomic E-state index is -0.00964. The molecule has 0 saturated carbocycles. The van der Waals surface area contributed by atoms with E-state index in [2.05, 4.69) is 38.4 Å². The van der Waals surface area contributed by atoms with Gasteiger partial charge in [0.25, 0.3) is 0 Å². The van der Waals surface area contributed by atoms with Crippen LogP contribution in [0.4, 0.5) is 5.69 Å². The molecule has 0 spiro atoms. The number of amides is 2. The van der Waals surface area contributed by atoms with E-state index in [0.717, 1.165) is 41.6 Å². The van der Waals surface area contributed by atoms with E-state index in [1.54, 1.807) is 4.90 Å². The molecule has 0 unspecified atom stereocenters. The van der Waals surface area contributed by atoms with Crippen molar-refractivity contribution in [3.63, 3.8) is 0 Å². The molecular formula is C29H30N6O2S. The van der Waals surface area contributed by atoms with Gasteiger partial charge in [-0.25, -0.2) is 9.97 Å². The minimum absolute atomic E-state index is 0.00443. The molecule has 2 aromatic heterocycles. The van der Waals surface area contributed by atoms with Gasteiger partial charge in [-0.2, -0.15) is 0 Å². The Morgan fingerprint density at radius 1 is 0.895 bits per heavy atom. The molecule has 0 aliphatic carbocycles. The summed E-state index contributed by atoms with van der Waals surface area (Å²) in [5.74, 6) is 2.68. The topological polar surface area (TPSA) is 76.3 Å². The van der Waals surface area contributed by atoms with Crippen LogP contribution in [0.15, 0.2) is 84.3 Å². The van der Waals surface area contributed by atoms with Crippen molar-refractivity contribution in [3.05, 3.63) is 96.6 Å². The van der Waals surface area contributed by atoms with E-state index in [1.165, 1.54) is 17.3 Å². The number of rotatable bonds is 7. The maximum Gasteiger partial charge on any atom is 0.242 e. The summed E-state index contributed by atoms with van der Waals surface area (Å²) in [5, 5.41) is 0. The lowest BCUT2D eigenvalue weighted by Gasteiger charge is -2.34. The third-order valence-electron chi connectivity index (χ3n) is 7.37. The molecule has 1 saturated heterocycles. The number of hydrogen-bond acceptors (Lipinski definition) is 5. The first kappa shape index (κ1) is 24.5. The van der Waals surface area contributed by atoms with Gasteiger partial charge in [-0.15, -0.1) is 11.8 Å². The van der Waals surface area contributed by atoms with Gasteiger partial charge in [0.1, 0.15) is 18.2 Å². The highest BCUT2D eigenvalue weighted by atomic mass is 32.2. The molecule has 0 atom stereocenters. The number of fused-ring (bicyclic) bond motifs is 1. The second-order valence-electron chi connectivity index (χ2n) is 9.76. The largest absolute Gasteiger partial charge is 0.341 e. The number of anilines is 1. The number of piperidine rings is 1. The lowest BCUT2D eigenvalue weighted by atomic mass is 9.95. The number of carbonyl (C=O) groups is 2. The Labute approximate surface area is 226 Å². The summed E-state index contributed by atoms with van der Waals surface area (Å²) in [7, 11) is 0. The van der Waals surface area contributed by atoms with Gasteiger partial charge in [-0.3, -0.25) is 9.59 Å². The third kappa shape index (κ3) is 5.11. The number of carbonyl (C=O) groups excluding carboxylic acids is 2. The van der Waals surface area contributed by atoms with Crippen LogP contribution in [0.2, 0.25) is 0 Å². The zero-order chi connectivity index (χ0) is 25.9. The Kier molecular flexibility index (Phi) is 7.00. The molecule has 1 fully saturated rings. The van der Waals surface area contributed by atoms with Crippen molar-refractivity contribution >= 4 is 29.3 Å². The molecule has 9 heteroatoms. The fourth-order valence-electron chi connectivity index (χ4n) is 5.33. The Bertz CT molecular complexity index is 1420. The lowest BCUT2D eigenvalue weighted by molar-refractivity contribution is -0.132. The van der Waals surface area contributed by atoms with Gasteiger partial charge in [0.05, 0.1) is 18.0 Å². The summed E-state index contributed by atoms with van der Waals surface area (Å²) in [6, 6.07) is 18.2. The van der Waals surface area contributed by atoms with Crippen molar-refractivity contribution in [2.45, 2.75) is 36.7 Å². The van der Waals surface area contributed by atoms with Crippen LogP contribution >= 0.6 is 11.8 Å². The summed E-state index contributed by atoms with van der Waals surface area (Å²) in [6.07, 6.45) is 9.44. The van der Waals surface area contributed by atoms with Crippen LogP contribution in [-0.2, 0) is 22.7 Å². The van der Waals surface area contributed by atoms with Crippen LogP contribution in [0.3, 0.4) is 0 Å². The first-order valence-corrected chi connectivity index (χ1v) is 14.0. The SMILES string of the molecule is O=C(CN1C(=O)CSc2ccccc21)N1CCC(c2nccn2Cc2nccn2Cc2ccccc2)CC1. The molecule has 0 N–H and O–H groups in total. The number of likely N-dealkylation sites (tertiary alicyclic amines) is 1. The van der Waals surface area contributed by atoms with Gasteiger partial charge in [-0.1, -0.05) is 42.5 Å². The minimum Gasteiger partial charge on any atom is -0.341 e. The molecule has 0 bridgehead atoms. The normalized spacial score (nSPS) is 16.1. The number of para-hydroxylation sites is 1. The molecule has 8 nitrogen and oxygen atoms in total. The molecular weight excluding hydrogens is 496 g/mol. The number of imidazole rings is 2. The van der Waals surface area contributed by atoms with Crippen molar-refractivity contribution in [3.8, 4) is 0 Å². The fraction of sp³-hybridized carbons (Fsp3) is 0.310. The summed E-state index contributed by atoms with van der Waals surface area (Å²) < 4.78 is 4.37. The van der Waals surface area contributed by atoms with E-state index in [4.69, 9.17) is 4.98 Å². The van der Waals surface area contributed by atoms with E-state index in [0.29, 0.717) is 25.4 Å². The molecule has 38 heavy (non-hydrogen) atoms. The Balaban J connectivity index is 1.08. The third-order valence-corrected chi connectivity index (χ3v) is 8.42. The standard InChI is InChI=1S/C29H30N6O2S/c36-27(20-35-24-8-4-5-9-25(24)38-21-28(35)37)32-14-10-23(11-15-32)29-31-13-17-34(29)19-26-30-12-16-33(26)18-22-6-2-1-3-7-22/h1-9,12-13,16-17,23H,10-11,14-15,18-21H2. The maximum absolute atomic E-state index is 13.2. The molecule has 6 rings (SSSR count). The van der Waals surface area contributed by atoms with E-state index >= 15 is 0 Å². The average Bonchev–Trinajstić information content (AvgIpc) is 3.60. The second kappa shape index (κ2) is 10.9. The number of nitrogens with zero attached hydrogens (tertiary/aromatic N) is 6.